The van der Waals surface area contributed by atoms with Crippen molar-refractivity contribution in [2.24, 2.45) is 0 Å². The molecule has 0 bridgehead atoms. The van der Waals surface area contributed by atoms with Crippen LogP contribution >= 0.6 is 17.0 Å². The Bertz CT molecular complexity index is 1200. The van der Waals surface area contributed by atoms with Crippen LogP contribution in [0.25, 0.3) is 28.1 Å². The SMILES string of the molecule is Br.N#Cc1ccccc1-c1cc(-c2ccccn2)cn(-c2ccccc2)c1=O. The predicted molar refractivity (Wildman–Crippen MR) is 116 cm³/mol. The summed E-state index contributed by atoms with van der Waals surface area (Å²) >= 11 is 0. The molecule has 4 nitrogen and oxygen atoms in total. The average molecular weight is 430 g/mol. The van der Waals surface area contributed by atoms with Gasteiger partial charge in [0.25, 0.3) is 5.56 Å². The average Bonchev–Trinajstić information content (AvgIpc) is 2.75. The zero-order valence-corrected chi connectivity index (χ0v) is 16.5. The summed E-state index contributed by atoms with van der Waals surface area (Å²) in [6.07, 6.45) is 3.51. The Hall–Kier alpha value is -3.49. The van der Waals surface area contributed by atoms with Gasteiger partial charge in [-0.15, -0.1) is 17.0 Å². The van der Waals surface area contributed by atoms with Crippen LogP contribution in [0.2, 0.25) is 0 Å². The van der Waals surface area contributed by atoms with Crippen molar-refractivity contribution in [3.05, 3.63) is 107 Å². The molecule has 0 aliphatic carbocycles. The van der Waals surface area contributed by atoms with E-state index in [9.17, 15) is 10.1 Å². The number of benzene rings is 2. The molecule has 2 aromatic heterocycles. The number of para-hydroxylation sites is 1. The molecule has 4 aromatic rings. The van der Waals surface area contributed by atoms with Crippen molar-refractivity contribution < 1.29 is 0 Å². The molecule has 0 unspecified atom stereocenters. The van der Waals surface area contributed by atoms with Gasteiger partial charge in [0.15, 0.2) is 0 Å². The van der Waals surface area contributed by atoms with Crippen LogP contribution in [0, 0.1) is 11.3 Å². The second kappa shape index (κ2) is 8.47. The van der Waals surface area contributed by atoms with Gasteiger partial charge in [-0.05, 0) is 36.4 Å². The molecule has 0 radical (unpaired) electrons. The maximum Gasteiger partial charge on any atom is 0.263 e. The van der Waals surface area contributed by atoms with Crippen LogP contribution in [0.4, 0.5) is 0 Å². The molecule has 0 N–H and O–H groups in total. The fourth-order valence-electron chi connectivity index (χ4n) is 3.04. The number of hydrogen-bond acceptors (Lipinski definition) is 3. The molecule has 2 aromatic carbocycles. The third-order valence-corrected chi connectivity index (χ3v) is 4.35. The van der Waals surface area contributed by atoms with Crippen LogP contribution in [-0.4, -0.2) is 9.55 Å². The van der Waals surface area contributed by atoms with Gasteiger partial charge in [-0.3, -0.25) is 14.3 Å². The molecule has 0 amide bonds. The van der Waals surface area contributed by atoms with E-state index in [4.69, 9.17) is 0 Å². The van der Waals surface area contributed by atoms with Crippen molar-refractivity contribution in [2.75, 3.05) is 0 Å². The standard InChI is InChI=1S/C23H15N3O.BrH/c24-15-17-8-4-5-11-20(17)21-14-18(22-12-6-7-13-25-22)16-26(23(21)27)19-9-2-1-3-10-19;/h1-14,16H;1H. The molecule has 0 spiro atoms. The lowest BCUT2D eigenvalue weighted by molar-refractivity contribution is 0.993. The maximum atomic E-state index is 13.3. The minimum atomic E-state index is -0.177. The predicted octanol–water partition coefficient (Wildman–Crippen LogP) is 5.02. The van der Waals surface area contributed by atoms with Crippen molar-refractivity contribution in [1.82, 2.24) is 9.55 Å². The fraction of sp³-hybridized carbons (Fsp3) is 0. The van der Waals surface area contributed by atoms with Crippen LogP contribution in [-0.2, 0) is 0 Å². The van der Waals surface area contributed by atoms with Gasteiger partial charge >= 0.3 is 0 Å². The minimum Gasteiger partial charge on any atom is -0.283 e. The van der Waals surface area contributed by atoms with Gasteiger partial charge < -0.3 is 0 Å². The molecule has 28 heavy (non-hydrogen) atoms. The van der Waals surface area contributed by atoms with Crippen molar-refractivity contribution in [3.8, 4) is 34.1 Å². The molecular formula is C23H16BrN3O. The monoisotopic (exact) mass is 429 g/mol. The number of hydrogen-bond donors (Lipinski definition) is 0. The lowest BCUT2D eigenvalue weighted by Crippen LogP contribution is -2.20. The Morgan fingerprint density at radius 1 is 0.857 bits per heavy atom. The molecule has 136 valence electrons. The normalized spacial score (nSPS) is 9.96. The molecular weight excluding hydrogens is 414 g/mol. The third-order valence-electron chi connectivity index (χ3n) is 4.35. The van der Waals surface area contributed by atoms with Crippen LogP contribution in [0.3, 0.4) is 0 Å². The van der Waals surface area contributed by atoms with Crippen molar-refractivity contribution in [1.29, 1.82) is 5.26 Å². The zero-order chi connectivity index (χ0) is 18.6. The smallest absolute Gasteiger partial charge is 0.263 e. The van der Waals surface area contributed by atoms with E-state index in [-0.39, 0.29) is 22.5 Å². The van der Waals surface area contributed by atoms with E-state index in [1.807, 2.05) is 54.6 Å². The van der Waals surface area contributed by atoms with Gasteiger partial charge in [0.2, 0.25) is 0 Å². The van der Waals surface area contributed by atoms with Crippen LogP contribution in [0.1, 0.15) is 5.56 Å². The molecule has 0 aliphatic heterocycles. The largest absolute Gasteiger partial charge is 0.283 e. The maximum absolute atomic E-state index is 13.3. The second-order valence-electron chi connectivity index (χ2n) is 6.03. The van der Waals surface area contributed by atoms with Gasteiger partial charge in [-0.1, -0.05) is 42.5 Å². The minimum absolute atomic E-state index is 0. The summed E-state index contributed by atoms with van der Waals surface area (Å²) in [4.78, 5) is 17.7. The highest BCUT2D eigenvalue weighted by Crippen LogP contribution is 2.26. The van der Waals surface area contributed by atoms with Gasteiger partial charge in [0, 0.05) is 34.8 Å². The molecule has 0 aliphatic rings. The number of nitriles is 1. The van der Waals surface area contributed by atoms with E-state index in [0.717, 1.165) is 16.9 Å². The number of nitrogens with zero attached hydrogens (tertiary/aromatic N) is 3. The van der Waals surface area contributed by atoms with Crippen LogP contribution in [0.5, 0.6) is 0 Å². The summed E-state index contributed by atoms with van der Waals surface area (Å²) < 4.78 is 1.60. The second-order valence-corrected chi connectivity index (χ2v) is 6.03. The number of halogens is 1. The molecule has 0 fully saturated rings. The van der Waals surface area contributed by atoms with E-state index in [1.165, 1.54) is 0 Å². The lowest BCUT2D eigenvalue weighted by Gasteiger charge is -2.13. The van der Waals surface area contributed by atoms with Gasteiger partial charge in [0.05, 0.1) is 17.3 Å². The summed E-state index contributed by atoms with van der Waals surface area (Å²) in [5, 5.41) is 9.47. The van der Waals surface area contributed by atoms with E-state index < -0.39 is 0 Å². The highest BCUT2D eigenvalue weighted by Gasteiger charge is 2.14. The Balaban J connectivity index is 0.00000225. The van der Waals surface area contributed by atoms with Crippen LogP contribution in [0.15, 0.2) is 96.1 Å². The first-order chi connectivity index (χ1) is 13.3. The molecule has 4 rings (SSSR count). The van der Waals surface area contributed by atoms with Crippen LogP contribution < -0.4 is 5.56 Å². The lowest BCUT2D eigenvalue weighted by atomic mass is 9.99. The molecule has 5 heteroatoms. The van der Waals surface area contributed by atoms with Gasteiger partial charge in [-0.25, -0.2) is 0 Å². The summed E-state index contributed by atoms with van der Waals surface area (Å²) in [6.45, 7) is 0. The third kappa shape index (κ3) is 3.64. The first kappa shape index (κ1) is 19.3. The van der Waals surface area contributed by atoms with Gasteiger partial charge in [-0.2, -0.15) is 5.26 Å². The quantitative estimate of drug-likeness (QED) is 0.459. The number of rotatable bonds is 3. The van der Waals surface area contributed by atoms with E-state index in [1.54, 1.807) is 41.2 Å². The summed E-state index contributed by atoms with van der Waals surface area (Å²) in [6, 6.07) is 26.2. The Morgan fingerprint density at radius 2 is 1.57 bits per heavy atom. The highest BCUT2D eigenvalue weighted by atomic mass is 79.9. The molecule has 0 atom stereocenters. The topological polar surface area (TPSA) is 58.7 Å². The van der Waals surface area contributed by atoms with Crippen molar-refractivity contribution >= 4 is 17.0 Å². The van der Waals surface area contributed by atoms with Crippen molar-refractivity contribution in [3.63, 3.8) is 0 Å². The Kier molecular flexibility index (Phi) is 5.83. The first-order valence-electron chi connectivity index (χ1n) is 8.51. The highest BCUT2D eigenvalue weighted by molar-refractivity contribution is 8.93. The summed E-state index contributed by atoms with van der Waals surface area (Å²) in [7, 11) is 0. The van der Waals surface area contributed by atoms with E-state index in [0.29, 0.717) is 16.7 Å². The van der Waals surface area contributed by atoms with Crippen molar-refractivity contribution in [2.45, 2.75) is 0 Å². The number of aromatic nitrogens is 2. The first-order valence-corrected chi connectivity index (χ1v) is 8.51. The van der Waals surface area contributed by atoms with Gasteiger partial charge in [0.1, 0.15) is 0 Å². The van der Waals surface area contributed by atoms with E-state index >= 15 is 0 Å². The number of pyridine rings is 2. The molecule has 0 saturated heterocycles. The summed E-state index contributed by atoms with van der Waals surface area (Å²) in [5.41, 5.74) is 3.71. The van der Waals surface area contributed by atoms with E-state index in [2.05, 4.69) is 11.1 Å². The Morgan fingerprint density at radius 3 is 2.29 bits per heavy atom. The fourth-order valence-corrected chi connectivity index (χ4v) is 3.04. The Labute approximate surface area is 173 Å². The molecule has 2 heterocycles. The molecule has 0 saturated carbocycles. The zero-order valence-electron chi connectivity index (χ0n) is 14.8. The summed E-state index contributed by atoms with van der Waals surface area (Å²) in [5.74, 6) is 0.